The molecule has 5 rings (SSSR count). The molecule has 2 aromatic heterocycles. The Kier molecular flexibility index (Phi) is 4.93. The van der Waals surface area contributed by atoms with Crippen LogP contribution in [-0.4, -0.2) is 77.4 Å². The monoisotopic (exact) mass is 392 g/mol. The molecular weight excluding hydrogens is 364 g/mol. The van der Waals surface area contributed by atoms with E-state index in [0.717, 1.165) is 80.5 Å². The fraction of sp³-hybridized carbons (Fsp3) is 0.476. The first-order valence-corrected chi connectivity index (χ1v) is 10.5. The van der Waals surface area contributed by atoms with Crippen molar-refractivity contribution in [1.29, 1.82) is 0 Å². The van der Waals surface area contributed by atoms with E-state index in [9.17, 15) is 0 Å². The highest BCUT2D eigenvalue weighted by atomic mass is 15.3. The summed E-state index contributed by atoms with van der Waals surface area (Å²) in [6.45, 7) is 6.08. The van der Waals surface area contributed by atoms with Gasteiger partial charge in [0.25, 0.3) is 0 Å². The highest BCUT2D eigenvalue weighted by Crippen LogP contribution is 2.24. The molecule has 2 aliphatic rings. The lowest BCUT2D eigenvalue weighted by molar-refractivity contribution is 0.311. The van der Waals surface area contributed by atoms with Gasteiger partial charge in [-0.3, -0.25) is 5.10 Å². The Morgan fingerprint density at radius 2 is 1.97 bits per heavy atom. The van der Waals surface area contributed by atoms with Crippen molar-refractivity contribution >= 4 is 28.4 Å². The average Bonchev–Trinajstić information content (AvgIpc) is 3.22. The van der Waals surface area contributed by atoms with Crippen molar-refractivity contribution in [1.82, 2.24) is 25.1 Å². The van der Waals surface area contributed by atoms with Crippen molar-refractivity contribution in [2.45, 2.75) is 18.9 Å². The average molecular weight is 393 g/mol. The maximum absolute atomic E-state index is 4.90. The van der Waals surface area contributed by atoms with Gasteiger partial charge in [-0.1, -0.05) is 0 Å². The van der Waals surface area contributed by atoms with E-state index in [1.165, 1.54) is 0 Å². The third kappa shape index (κ3) is 3.98. The van der Waals surface area contributed by atoms with Gasteiger partial charge in [-0.15, -0.1) is 0 Å². The van der Waals surface area contributed by atoms with Crippen LogP contribution in [0.5, 0.6) is 0 Å². The number of anilines is 3. The first-order chi connectivity index (χ1) is 14.2. The Morgan fingerprint density at radius 1 is 1.07 bits per heavy atom. The van der Waals surface area contributed by atoms with E-state index >= 15 is 0 Å². The Bertz CT molecular complexity index is 962. The first-order valence-electron chi connectivity index (χ1n) is 10.5. The number of benzene rings is 1. The number of nitrogens with one attached hydrogen (secondary N) is 2. The number of fused-ring (bicyclic) bond motifs is 1. The van der Waals surface area contributed by atoms with Gasteiger partial charge in [0.05, 0.1) is 11.7 Å². The third-order valence-corrected chi connectivity index (χ3v) is 5.97. The highest BCUT2D eigenvalue weighted by molar-refractivity contribution is 5.81. The van der Waals surface area contributed by atoms with Gasteiger partial charge in [-0.2, -0.15) is 10.1 Å². The van der Waals surface area contributed by atoms with Crippen molar-refractivity contribution < 1.29 is 0 Å². The van der Waals surface area contributed by atoms with Crippen LogP contribution in [0.25, 0.3) is 10.9 Å². The van der Waals surface area contributed by atoms with Gasteiger partial charge in [0.2, 0.25) is 5.95 Å². The molecule has 3 aromatic rings. The Balaban J connectivity index is 1.27. The van der Waals surface area contributed by atoms with Crippen LogP contribution in [0.15, 0.2) is 36.7 Å². The third-order valence-electron chi connectivity index (χ3n) is 5.97. The van der Waals surface area contributed by atoms with Crippen molar-refractivity contribution in [2.24, 2.45) is 0 Å². The van der Waals surface area contributed by atoms with Crippen molar-refractivity contribution in [3.63, 3.8) is 0 Å². The predicted molar refractivity (Wildman–Crippen MR) is 117 cm³/mol. The molecule has 2 N–H and O–H groups in total. The van der Waals surface area contributed by atoms with Gasteiger partial charge in [-0.05, 0) is 44.2 Å². The van der Waals surface area contributed by atoms with Gasteiger partial charge in [0.1, 0.15) is 5.82 Å². The molecule has 2 aliphatic heterocycles. The van der Waals surface area contributed by atoms with Crippen molar-refractivity contribution in [3.8, 4) is 0 Å². The van der Waals surface area contributed by atoms with E-state index in [1.54, 1.807) is 0 Å². The lowest BCUT2D eigenvalue weighted by Gasteiger charge is -2.36. The van der Waals surface area contributed by atoms with Crippen LogP contribution in [-0.2, 0) is 0 Å². The molecule has 0 amide bonds. The minimum atomic E-state index is 0.398. The van der Waals surface area contributed by atoms with E-state index in [1.807, 2.05) is 18.5 Å². The predicted octanol–water partition coefficient (Wildman–Crippen LogP) is 2.19. The van der Waals surface area contributed by atoms with Gasteiger partial charge < -0.3 is 20.0 Å². The Labute approximate surface area is 170 Å². The number of piperazine rings is 1. The molecule has 0 spiro atoms. The van der Waals surface area contributed by atoms with E-state index in [-0.39, 0.29) is 0 Å². The zero-order valence-corrected chi connectivity index (χ0v) is 16.9. The van der Waals surface area contributed by atoms with Crippen LogP contribution in [0.1, 0.15) is 12.8 Å². The van der Waals surface area contributed by atoms with Gasteiger partial charge in [-0.25, -0.2) is 4.98 Å². The maximum atomic E-state index is 4.90. The summed E-state index contributed by atoms with van der Waals surface area (Å²) >= 11 is 0. The summed E-state index contributed by atoms with van der Waals surface area (Å²) < 4.78 is 0. The van der Waals surface area contributed by atoms with Crippen LogP contribution in [0.2, 0.25) is 0 Å². The lowest BCUT2D eigenvalue weighted by atomic mass is 10.1. The van der Waals surface area contributed by atoms with Crippen LogP contribution in [0.4, 0.5) is 17.5 Å². The molecule has 1 aromatic carbocycles. The second-order valence-corrected chi connectivity index (χ2v) is 8.11. The molecule has 0 bridgehead atoms. The van der Waals surface area contributed by atoms with E-state index in [2.05, 4.69) is 60.4 Å². The zero-order chi connectivity index (χ0) is 19.6. The van der Waals surface area contributed by atoms with E-state index in [0.29, 0.717) is 6.04 Å². The summed E-state index contributed by atoms with van der Waals surface area (Å²) in [6.07, 6.45) is 6.09. The molecule has 0 saturated carbocycles. The molecule has 2 saturated heterocycles. The van der Waals surface area contributed by atoms with Gasteiger partial charge in [0, 0.05) is 62.6 Å². The number of hydrogen-bond acceptors (Lipinski definition) is 7. The highest BCUT2D eigenvalue weighted by Gasteiger charge is 2.23. The van der Waals surface area contributed by atoms with Crippen LogP contribution >= 0.6 is 0 Å². The molecule has 8 heteroatoms. The number of piperidine rings is 1. The molecule has 0 aliphatic carbocycles. The van der Waals surface area contributed by atoms with Crippen LogP contribution in [0.3, 0.4) is 0 Å². The van der Waals surface area contributed by atoms with Gasteiger partial charge >= 0.3 is 0 Å². The lowest BCUT2D eigenvalue weighted by Crippen LogP contribution is -2.45. The fourth-order valence-corrected chi connectivity index (χ4v) is 4.25. The smallest absolute Gasteiger partial charge is 0.227 e. The van der Waals surface area contributed by atoms with Gasteiger partial charge in [0.15, 0.2) is 0 Å². The molecule has 29 heavy (non-hydrogen) atoms. The molecule has 152 valence electrons. The van der Waals surface area contributed by atoms with E-state index in [4.69, 9.17) is 4.98 Å². The number of aromatic amines is 1. The molecule has 4 heterocycles. The molecule has 8 nitrogen and oxygen atoms in total. The number of rotatable bonds is 4. The van der Waals surface area contributed by atoms with Crippen molar-refractivity contribution in [3.05, 3.63) is 36.7 Å². The minimum Gasteiger partial charge on any atom is -0.381 e. The minimum absolute atomic E-state index is 0.398. The SMILES string of the molecule is CN1CCN(c2nccc(N3CCCC(Nc4ccc5[nH]ncc5c4)C3)n2)CC1. The quantitative estimate of drug-likeness (QED) is 0.705. The summed E-state index contributed by atoms with van der Waals surface area (Å²) in [5.41, 5.74) is 2.21. The summed E-state index contributed by atoms with van der Waals surface area (Å²) in [4.78, 5) is 16.5. The van der Waals surface area contributed by atoms with Crippen molar-refractivity contribution in [2.75, 3.05) is 61.4 Å². The Morgan fingerprint density at radius 3 is 2.86 bits per heavy atom. The number of likely N-dealkylation sites (N-methyl/N-ethyl adjacent to an activating group) is 1. The fourth-order valence-electron chi connectivity index (χ4n) is 4.25. The summed E-state index contributed by atoms with van der Waals surface area (Å²) in [7, 11) is 2.17. The second kappa shape index (κ2) is 7.87. The molecule has 1 atom stereocenters. The first kappa shape index (κ1) is 18.2. The molecule has 0 radical (unpaired) electrons. The number of hydrogen-bond donors (Lipinski definition) is 2. The summed E-state index contributed by atoms with van der Waals surface area (Å²) in [5.74, 6) is 1.89. The van der Waals surface area contributed by atoms with Crippen LogP contribution < -0.4 is 15.1 Å². The topological polar surface area (TPSA) is 76.2 Å². The van der Waals surface area contributed by atoms with E-state index < -0.39 is 0 Å². The molecule has 2 fully saturated rings. The molecular formula is C21H28N8. The van der Waals surface area contributed by atoms with Crippen LogP contribution in [0, 0.1) is 0 Å². The second-order valence-electron chi connectivity index (χ2n) is 8.11. The standard InChI is InChI=1S/C21H28N8/c1-27-9-11-28(12-10-27)21-22-7-6-20(25-21)29-8-2-3-18(15-29)24-17-4-5-19-16(13-17)14-23-26-19/h4-7,13-14,18,24H,2-3,8-12,15H2,1H3,(H,23,26). The number of nitrogens with zero attached hydrogens (tertiary/aromatic N) is 6. The Hall–Kier alpha value is -2.87. The largest absolute Gasteiger partial charge is 0.381 e. The summed E-state index contributed by atoms with van der Waals surface area (Å²) in [5, 5.41) is 12.0. The summed E-state index contributed by atoms with van der Waals surface area (Å²) in [6, 6.07) is 8.80. The molecule has 1 unspecified atom stereocenters. The normalized spacial score (nSPS) is 20.9. The zero-order valence-electron chi connectivity index (χ0n) is 16.9. The maximum Gasteiger partial charge on any atom is 0.227 e. The number of H-pyrrole nitrogens is 1. The number of aromatic nitrogens is 4.